The fraction of sp³-hybridized carbons (Fsp3) is 0.167. The number of hydrogen-bond donors (Lipinski definition) is 2. The summed E-state index contributed by atoms with van der Waals surface area (Å²) in [5.41, 5.74) is 6.14. The molecule has 0 atom stereocenters. The summed E-state index contributed by atoms with van der Waals surface area (Å²) < 4.78 is 28.8. The number of nitrogen functional groups attached to an aromatic ring is 1. The van der Waals surface area contributed by atoms with Crippen molar-refractivity contribution in [3.8, 4) is 0 Å². The van der Waals surface area contributed by atoms with Crippen molar-refractivity contribution in [2.45, 2.75) is 11.3 Å². The van der Waals surface area contributed by atoms with Gasteiger partial charge >= 0.3 is 0 Å². The molecule has 0 aliphatic heterocycles. The Balaban J connectivity index is 2.12. The summed E-state index contributed by atoms with van der Waals surface area (Å²) >= 11 is 13.7. The zero-order valence-corrected chi connectivity index (χ0v) is 16.1. The SMILES string of the molecule is Nc1cc(Br)c(S(=O)(=O)NCCc2ccc(Cl)s2)c(Br)c1. The van der Waals surface area contributed by atoms with Gasteiger partial charge in [-0.3, -0.25) is 0 Å². The van der Waals surface area contributed by atoms with Crippen LogP contribution in [0.2, 0.25) is 4.34 Å². The second-order valence-corrected chi connectivity index (χ2v) is 9.38. The molecule has 0 saturated carbocycles. The van der Waals surface area contributed by atoms with Gasteiger partial charge in [-0.25, -0.2) is 13.1 Å². The van der Waals surface area contributed by atoms with E-state index in [4.69, 9.17) is 17.3 Å². The maximum atomic E-state index is 12.3. The minimum Gasteiger partial charge on any atom is -0.399 e. The average molecular weight is 475 g/mol. The molecule has 0 radical (unpaired) electrons. The maximum Gasteiger partial charge on any atom is 0.242 e. The lowest BCUT2D eigenvalue weighted by Gasteiger charge is -2.11. The Bertz CT molecular complexity index is 739. The smallest absolute Gasteiger partial charge is 0.242 e. The van der Waals surface area contributed by atoms with Crippen LogP contribution >= 0.6 is 54.8 Å². The van der Waals surface area contributed by atoms with Crippen LogP contribution in [0.5, 0.6) is 0 Å². The highest BCUT2D eigenvalue weighted by Crippen LogP contribution is 2.32. The van der Waals surface area contributed by atoms with Gasteiger partial charge in [0.25, 0.3) is 0 Å². The number of nitrogens with two attached hydrogens (primary N) is 1. The van der Waals surface area contributed by atoms with E-state index >= 15 is 0 Å². The number of nitrogens with one attached hydrogen (secondary N) is 1. The van der Waals surface area contributed by atoms with Crippen LogP contribution in [0.3, 0.4) is 0 Å². The predicted octanol–water partition coefficient (Wildman–Crippen LogP) is 4.03. The number of benzene rings is 1. The van der Waals surface area contributed by atoms with Crippen molar-refractivity contribution in [1.29, 1.82) is 0 Å². The van der Waals surface area contributed by atoms with Gasteiger partial charge in [-0.1, -0.05) is 11.6 Å². The molecule has 2 aromatic rings. The van der Waals surface area contributed by atoms with Crippen LogP contribution in [0.1, 0.15) is 4.88 Å². The lowest BCUT2D eigenvalue weighted by Crippen LogP contribution is -2.26. The molecule has 0 bridgehead atoms. The van der Waals surface area contributed by atoms with E-state index in [1.54, 1.807) is 18.2 Å². The second kappa shape index (κ2) is 6.97. The third kappa shape index (κ3) is 4.43. The summed E-state index contributed by atoms with van der Waals surface area (Å²) in [7, 11) is -3.63. The van der Waals surface area contributed by atoms with E-state index in [9.17, 15) is 8.42 Å². The topological polar surface area (TPSA) is 72.2 Å². The van der Waals surface area contributed by atoms with Crippen LogP contribution in [0.15, 0.2) is 38.1 Å². The fourth-order valence-corrected chi connectivity index (χ4v) is 6.44. The number of rotatable bonds is 5. The van der Waals surface area contributed by atoms with E-state index in [0.717, 1.165) is 4.88 Å². The zero-order chi connectivity index (χ0) is 15.6. The van der Waals surface area contributed by atoms with Crippen LogP contribution < -0.4 is 10.5 Å². The Morgan fingerprint density at radius 3 is 2.38 bits per heavy atom. The fourth-order valence-electron chi connectivity index (χ4n) is 1.70. The Morgan fingerprint density at radius 2 is 1.86 bits per heavy atom. The standard InChI is InChI=1S/C12H11Br2ClN2O2S2/c13-9-5-7(16)6-10(14)12(9)21(18,19)17-4-3-8-1-2-11(15)20-8/h1-2,5-6,17H,3-4,16H2. The second-order valence-electron chi connectivity index (χ2n) is 4.17. The molecule has 0 amide bonds. The summed E-state index contributed by atoms with van der Waals surface area (Å²) in [6.45, 7) is 0.294. The minimum absolute atomic E-state index is 0.140. The highest BCUT2D eigenvalue weighted by atomic mass is 79.9. The molecule has 114 valence electrons. The van der Waals surface area contributed by atoms with Gasteiger partial charge in [0.1, 0.15) is 4.90 Å². The number of thiophene rings is 1. The number of hydrogen-bond acceptors (Lipinski definition) is 4. The molecular formula is C12H11Br2ClN2O2S2. The zero-order valence-electron chi connectivity index (χ0n) is 10.6. The lowest BCUT2D eigenvalue weighted by molar-refractivity contribution is 0.581. The van der Waals surface area contributed by atoms with Gasteiger partial charge in [-0.05, 0) is 62.5 Å². The number of anilines is 1. The van der Waals surface area contributed by atoms with Crippen LogP contribution in [0, 0.1) is 0 Å². The van der Waals surface area contributed by atoms with E-state index in [0.29, 0.717) is 31.9 Å². The molecule has 1 heterocycles. The Kier molecular flexibility index (Phi) is 5.72. The molecule has 0 aliphatic carbocycles. The molecule has 21 heavy (non-hydrogen) atoms. The first-order chi connectivity index (χ1) is 9.79. The molecule has 1 aromatic carbocycles. The highest BCUT2D eigenvalue weighted by Gasteiger charge is 2.21. The van der Waals surface area contributed by atoms with Crippen molar-refractivity contribution in [2.24, 2.45) is 0 Å². The van der Waals surface area contributed by atoms with Gasteiger partial charge in [0.15, 0.2) is 0 Å². The van der Waals surface area contributed by atoms with Crippen LogP contribution in [-0.4, -0.2) is 15.0 Å². The highest BCUT2D eigenvalue weighted by molar-refractivity contribution is 9.11. The summed E-state index contributed by atoms with van der Waals surface area (Å²) in [6.07, 6.45) is 0.584. The lowest BCUT2D eigenvalue weighted by atomic mass is 10.3. The minimum atomic E-state index is -3.63. The quantitative estimate of drug-likeness (QED) is 0.643. The summed E-state index contributed by atoms with van der Waals surface area (Å²) in [5, 5.41) is 0. The van der Waals surface area contributed by atoms with Gasteiger partial charge in [-0.2, -0.15) is 0 Å². The molecule has 0 aliphatic rings. The summed E-state index contributed by atoms with van der Waals surface area (Å²) in [6, 6.07) is 6.79. The molecule has 0 fully saturated rings. The summed E-state index contributed by atoms with van der Waals surface area (Å²) in [5.74, 6) is 0. The maximum absolute atomic E-state index is 12.3. The van der Waals surface area contributed by atoms with Crippen molar-refractivity contribution in [3.05, 3.63) is 42.4 Å². The van der Waals surface area contributed by atoms with Gasteiger partial charge in [-0.15, -0.1) is 11.3 Å². The normalized spacial score (nSPS) is 11.8. The molecule has 1 aromatic heterocycles. The third-order valence-corrected chi connectivity index (χ3v) is 7.21. The van der Waals surface area contributed by atoms with Crippen molar-refractivity contribution in [2.75, 3.05) is 12.3 Å². The van der Waals surface area contributed by atoms with Gasteiger partial charge in [0, 0.05) is 26.1 Å². The van der Waals surface area contributed by atoms with E-state index in [-0.39, 0.29) is 4.90 Å². The molecule has 0 saturated heterocycles. The van der Waals surface area contributed by atoms with E-state index in [1.165, 1.54) is 11.3 Å². The Hall–Kier alpha value is -0.120. The van der Waals surface area contributed by atoms with Gasteiger partial charge in [0.2, 0.25) is 10.0 Å². The van der Waals surface area contributed by atoms with E-state index < -0.39 is 10.0 Å². The van der Waals surface area contributed by atoms with Crippen molar-refractivity contribution in [1.82, 2.24) is 4.72 Å². The monoisotopic (exact) mass is 472 g/mol. The first-order valence-corrected chi connectivity index (χ1v) is 10.0. The number of halogens is 3. The molecule has 4 nitrogen and oxygen atoms in total. The van der Waals surface area contributed by atoms with Gasteiger partial charge in [0.05, 0.1) is 4.34 Å². The van der Waals surface area contributed by atoms with Crippen molar-refractivity contribution in [3.63, 3.8) is 0 Å². The first kappa shape index (κ1) is 17.2. The Morgan fingerprint density at radius 1 is 1.24 bits per heavy atom. The molecule has 0 unspecified atom stereocenters. The third-order valence-electron chi connectivity index (χ3n) is 2.58. The van der Waals surface area contributed by atoms with Crippen molar-refractivity contribution < 1.29 is 8.42 Å². The Labute approximate surface area is 149 Å². The van der Waals surface area contributed by atoms with E-state index in [2.05, 4.69) is 36.6 Å². The van der Waals surface area contributed by atoms with Crippen LogP contribution in [0.4, 0.5) is 5.69 Å². The molecule has 9 heteroatoms. The van der Waals surface area contributed by atoms with Gasteiger partial charge < -0.3 is 5.73 Å². The molecule has 3 N–H and O–H groups in total. The van der Waals surface area contributed by atoms with Crippen molar-refractivity contribution >= 4 is 70.5 Å². The van der Waals surface area contributed by atoms with Crippen LogP contribution in [-0.2, 0) is 16.4 Å². The molecular weight excluding hydrogens is 464 g/mol. The van der Waals surface area contributed by atoms with Crippen LogP contribution in [0.25, 0.3) is 0 Å². The summed E-state index contributed by atoms with van der Waals surface area (Å²) in [4.78, 5) is 1.17. The van der Waals surface area contributed by atoms with E-state index in [1.807, 2.05) is 6.07 Å². The predicted molar refractivity (Wildman–Crippen MR) is 94.5 cm³/mol. The number of sulfonamides is 1. The largest absolute Gasteiger partial charge is 0.399 e. The molecule has 2 rings (SSSR count). The first-order valence-electron chi connectivity index (χ1n) is 5.78. The average Bonchev–Trinajstić information content (AvgIpc) is 2.72. The molecule has 0 spiro atoms.